The van der Waals surface area contributed by atoms with E-state index in [2.05, 4.69) is 16.1 Å². The van der Waals surface area contributed by atoms with E-state index in [1.165, 1.54) is 0 Å². The van der Waals surface area contributed by atoms with Crippen LogP contribution in [0.2, 0.25) is 0 Å². The van der Waals surface area contributed by atoms with Crippen LogP contribution in [0.25, 0.3) is 0 Å². The Hall–Kier alpha value is -1.80. The number of carbonyl (C=O) groups excluding carboxylic acids is 1. The Morgan fingerprint density at radius 3 is 2.68 bits per heavy atom. The van der Waals surface area contributed by atoms with Gasteiger partial charge < -0.3 is 26.8 Å². The van der Waals surface area contributed by atoms with E-state index >= 15 is 0 Å². The molecule has 0 aliphatic heterocycles. The van der Waals surface area contributed by atoms with Crippen LogP contribution < -0.4 is 21.5 Å². The van der Waals surface area contributed by atoms with E-state index in [0.29, 0.717) is 18.5 Å². The van der Waals surface area contributed by atoms with Crippen molar-refractivity contribution in [2.45, 2.75) is 70.6 Å². The highest BCUT2D eigenvalue weighted by molar-refractivity contribution is 5.81. The molecule has 31 heavy (non-hydrogen) atoms. The molecule has 1 fully saturated rings. The lowest BCUT2D eigenvalue weighted by molar-refractivity contribution is -0.702. The number of ether oxygens (including phenoxy) is 1. The monoisotopic (exact) mass is 500 g/mol. The number of aliphatic hydroxyl groups is 1. The van der Waals surface area contributed by atoms with Crippen LogP contribution in [0.5, 0.6) is 0 Å². The van der Waals surface area contributed by atoms with Crippen molar-refractivity contribution in [3.63, 3.8) is 0 Å². The molecule has 1 aliphatic rings. The van der Waals surface area contributed by atoms with Gasteiger partial charge in [-0.2, -0.15) is 0 Å². The van der Waals surface area contributed by atoms with Crippen LogP contribution in [0.3, 0.4) is 0 Å². The van der Waals surface area contributed by atoms with E-state index < -0.39 is 29.8 Å². The molecular weight excluding hydrogens is 470 g/mol. The fraction of sp³-hybridized carbons (Fsp3) is 0.565. The summed E-state index contributed by atoms with van der Waals surface area (Å²) in [7, 11) is 0. The number of rotatable bonds is 9. The summed E-state index contributed by atoms with van der Waals surface area (Å²) < 4.78 is 37.3. The maximum Gasteiger partial charge on any atom is 0.343 e. The average Bonchev–Trinajstić information content (AvgIpc) is 3.28. The zero-order chi connectivity index (χ0) is 21.8. The molecule has 1 aromatic carbocycles. The molecule has 0 unspecified atom stereocenters. The second kappa shape index (κ2) is 10.7. The van der Waals surface area contributed by atoms with Crippen molar-refractivity contribution < 1.29 is 45.0 Å². The lowest BCUT2D eigenvalue weighted by Gasteiger charge is -2.32. The second-order valence-corrected chi connectivity index (χ2v) is 8.15. The molecule has 1 aromatic heterocycles. The maximum atomic E-state index is 13.8. The maximum absolute atomic E-state index is 13.8. The summed E-state index contributed by atoms with van der Waals surface area (Å²) in [5, 5.41) is 11.3. The first kappa shape index (κ1) is 25.5. The van der Waals surface area contributed by atoms with Crippen molar-refractivity contribution >= 4 is 5.97 Å². The van der Waals surface area contributed by atoms with Crippen LogP contribution >= 0.6 is 0 Å². The Morgan fingerprint density at radius 1 is 1.35 bits per heavy atom. The van der Waals surface area contributed by atoms with Crippen molar-refractivity contribution in [2.24, 2.45) is 5.92 Å². The van der Waals surface area contributed by atoms with Crippen LogP contribution in [-0.4, -0.2) is 28.2 Å². The van der Waals surface area contributed by atoms with Gasteiger partial charge in [0.2, 0.25) is 5.92 Å². The number of benzene rings is 1. The lowest BCUT2D eigenvalue weighted by Crippen LogP contribution is -3.00. The molecule has 0 saturated heterocycles. The summed E-state index contributed by atoms with van der Waals surface area (Å²) in [6, 6.07) is 8.30. The van der Waals surface area contributed by atoms with E-state index in [1.807, 2.05) is 19.3 Å². The SMILES string of the molecule is CCC[n+]1ccn(CCCOC(=O)[C@](O)(c2ccccc2)[C@@H]2CCC(F)(F)C2)c1C.[Br-]. The molecule has 2 aromatic rings. The van der Waals surface area contributed by atoms with Crippen molar-refractivity contribution in [1.29, 1.82) is 0 Å². The lowest BCUT2D eigenvalue weighted by atomic mass is 9.80. The van der Waals surface area contributed by atoms with Gasteiger partial charge in [-0.15, -0.1) is 0 Å². The van der Waals surface area contributed by atoms with Crippen LogP contribution in [0.1, 0.15) is 50.4 Å². The number of aryl methyl sites for hydroxylation is 2. The van der Waals surface area contributed by atoms with E-state index in [-0.39, 0.29) is 36.4 Å². The Labute approximate surface area is 192 Å². The number of hydrogen-bond acceptors (Lipinski definition) is 3. The zero-order valence-electron chi connectivity index (χ0n) is 18.1. The average molecular weight is 501 g/mol. The van der Waals surface area contributed by atoms with Gasteiger partial charge in [0, 0.05) is 32.1 Å². The standard InChI is InChI=1S/C23H31F2N2O3.BrH/c1-3-12-26-14-15-27(18(26)2)13-7-16-30-21(28)23(29,19-8-5-4-6-9-19)20-10-11-22(24,25)17-20;/h4-6,8-9,14-15,20,29H,3,7,10-13,16-17H2,1-2H3;1H/q+1;/p-1/t20-,23+;/m1./s1. The van der Waals surface area contributed by atoms with E-state index in [9.17, 15) is 18.7 Å². The summed E-state index contributed by atoms with van der Waals surface area (Å²) >= 11 is 0. The van der Waals surface area contributed by atoms with Gasteiger partial charge in [-0.3, -0.25) is 0 Å². The molecule has 2 atom stereocenters. The second-order valence-electron chi connectivity index (χ2n) is 8.15. The van der Waals surface area contributed by atoms with Crippen LogP contribution in [0.4, 0.5) is 8.78 Å². The summed E-state index contributed by atoms with van der Waals surface area (Å²) in [6.45, 7) is 5.89. The number of hydrogen-bond donors (Lipinski definition) is 1. The van der Waals surface area contributed by atoms with Gasteiger partial charge in [0.25, 0.3) is 5.82 Å². The Balaban J connectivity index is 0.00000341. The van der Waals surface area contributed by atoms with Crippen molar-refractivity contribution in [1.82, 2.24) is 4.57 Å². The van der Waals surface area contributed by atoms with Gasteiger partial charge >= 0.3 is 5.97 Å². The largest absolute Gasteiger partial charge is 1.00 e. The first-order valence-corrected chi connectivity index (χ1v) is 10.7. The predicted molar refractivity (Wildman–Crippen MR) is 108 cm³/mol. The predicted octanol–water partition coefficient (Wildman–Crippen LogP) is 0.755. The van der Waals surface area contributed by atoms with Gasteiger partial charge in [-0.1, -0.05) is 37.3 Å². The minimum Gasteiger partial charge on any atom is -1.00 e. The van der Waals surface area contributed by atoms with Gasteiger partial charge in [0.1, 0.15) is 12.4 Å². The smallest absolute Gasteiger partial charge is 0.343 e. The van der Waals surface area contributed by atoms with E-state index in [0.717, 1.165) is 18.8 Å². The highest BCUT2D eigenvalue weighted by atomic mass is 79.9. The van der Waals surface area contributed by atoms with Crippen LogP contribution in [-0.2, 0) is 28.2 Å². The molecule has 1 saturated carbocycles. The molecule has 0 spiro atoms. The van der Waals surface area contributed by atoms with Crippen LogP contribution in [0, 0.1) is 12.8 Å². The van der Waals surface area contributed by atoms with Gasteiger partial charge in [0.05, 0.1) is 19.7 Å². The molecule has 0 bridgehead atoms. The fourth-order valence-electron chi connectivity index (χ4n) is 4.28. The van der Waals surface area contributed by atoms with Gasteiger partial charge in [0.15, 0.2) is 5.60 Å². The zero-order valence-corrected chi connectivity index (χ0v) is 19.7. The number of carbonyl (C=O) groups is 1. The van der Waals surface area contributed by atoms with Gasteiger partial charge in [-0.05, 0) is 18.4 Å². The van der Waals surface area contributed by atoms with Crippen molar-refractivity contribution in [3.05, 3.63) is 54.1 Å². The molecule has 1 heterocycles. The third-order valence-electron chi connectivity index (χ3n) is 6.02. The molecule has 1 N–H and O–H groups in total. The summed E-state index contributed by atoms with van der Waals surface area (Å²) in [6.07, 6.45) is 4.86. The Kier molecular flexibility index (Phi) is 8.77. The fourth-order valence-corrected chi connectivity index (χ4v) is 4.28. The van der Waals surface area contributed by atoms with Crippen molar-refractivity contribution in [3.8, 4) is 0 Å². The van der Waals surface area contributed by atoms with Gasteiger partial charge in [-0.25, -0.2) is 22.7 Å². The molecular formula is C23H31BrF2N2O3. The number of aromatic nitrogens is 2. The molecule has 172 valence electrons. The Morgan fingerprint density at radius 2 is 2.06 bits per heavy atom. The van der Waals surface area contributed by atoms with Crippen molar-refractivity contribution in [2.75, 3.05) is 6.61 Å². The topological polar surface area (TPSA) is 55.3 Å². The highest BCUT2D eigenvalue weighted by Gasteiger charge is 2.54. The molecule has 8 heteroatoms. The summed E-state index contributed by atoms with van der Waals surface area (Å²) in [5.41, 5.74) is -1.76. The molecule has 5 nitrogen and oxygen atoms in total. The van der Waals surface area contributed by atoms with Crippen LogP contribution in [0.15, 0.2) is 42.7 Å². The molecule has 1 aliphatic carbocycles. The summed E-state index contributed by atoms with van der Waals surface area (Å²) in [4.78, 5) is 12.9. The third kappa shape index (κ3) is 5.71. The quantitative estimate of drug-likeness (QED) is 0.314. The number of imidazole rings is 1. The minimum atomic E-state index is -2.87. The third-order valence-corrected chi connectivity index (χ3v) is 6.02. The molecule has 3 rings (SSSR count). The number of alkyl halides is 2. The molecule has 0 amide bonds. The highest BCUT2D eigenvalue weighted by Crippen LogP contribution is 2.47. The Bertz CT molecular complexity index is 860. The normalized spacial score (nSPS) is 19.5. The summed E-state index contributed by atoms with van der Waals surface area (Å²) in [5.74, 6) is -3.46. The first-order valence-electron chi connectivity index (χ1n) is 10.7. The number of halogens is 3. The number of esters is 1. The number of nitrogens with zero attached hydrogens (tertiary/aromatic N) is 2. The molecule has 0 radical (unpaired) electrons. The minimum absolute atomic E-state index is 0. The van der Waals surface area contributed by atoms with E-state index in [4.69, 9.17) is 4.74 Å². The first-order chi connectivity index (χ1) is 14.3. The van der Waals surface area contributed by atoms with E-state index in [1.54, 1.807) is 30.3 Å².